The third-order valence-corrected chi connectivity index (χ3v) is 1.07. The zero-order valence-corrected chi connectivity index (χ0v) is 3.85. The Labute approximate surface area is 40.9 Å². The minimum absolute atomic E-state index is 0.337. The molecule has 0 aromatic heterocycles. The van der Waals surface area contributed by atoms with Gasteiger partial charge in [0.1, 0.15) is 6.61 Å². The molecule has 1 aliphatic rings. The Bertz CT molecular complexity index is 64.6. The lowest BCUT2D eigenvalue weighted by Gasteiger charge is -2.31. The monoisotopic (exact) mass is 106 g/mol. The van der Waals surface area contributed by atoms with Crippen LogP contribution in [0.25, 0.3) is 0 Å². The zero-order chi connectivity index (χ0) is 5.33. The van der Waals surface area contributed by atoms with E-state index in [2.05, 4.69) is 4.74 Å². The molecule has 0 spiro atoms. The van der Waals surface area contributed by atoms with Crippen molar-refractivity contribution >= 4 is 0 Å². The topological polar surface area (TPSA) is 29.5 Å². The number of aliphatic hydroxyl groups excluding tert-OH is 1. The van der Waals surface area contributed by atoms with Gasteiger partial charge in [-0.05, 0) is 0 Å². The predicted molar refractivity (Wildman–Crippen MR) is 21.5 cm³/mol. The van der Waals surface area contributed by atoms with Crippen LogP contribution in [0.1, 0.15) is 6.42 Å². The van der Waals surface area contributed by atoms with E-state index >= 15 is 0 Å². The van der Waals surface area contributed by atoms with E-state index in [1.807, 2.05) is 0 Å². The molecule has 1 fully saturated rings. The number of hydrogen-bond acceptors (Lipinski definition) is 2. The second kappa shape index (κ2) is 1.42. The first-order valence-corrected chi connectivity index (χ1v) is 2.21. The molecule has 1 aliphatic heterocycles. The van der Waals surface area contributed by atoms with E-state index in [1.54, 1.807) is 0 Å². The van der Waals surface area contributed by atoms with Crippen molar-refractivity contribution in [2.45, 2.75) is 12.3 Å². The van der Waals surface area contributed by atoms with Crippen LogP contribution in [-0.4, -0.2) is 24.2 Å². The zero-order valence-electron chi connectivity index (χ0n) is 3.85. The van der Waals surface area contributed by atoms with Gasteiger partial charge in [0.2, 0.25) is 5.85 Å². The molecule has 1 heterocycles. The van der Waals surface area contributed by atoms with Gasteiger partial charge in [-0.15, -0.1) is 0 Å². The summed E-state index contributed by atoms with van der Waals surface area (Å²) in [6, 6.07) is 0. The molecule has 1 N–H and O–H groups in total. The van der Waals surface area contributed by atoms with Gasteiger partial charge in [-0.1, -0.05) is 0 Å². The van der Waals surface area contributed by atoms with Crippen molar-refractivity contribution in [3.63, 3.8) is 0 Å². The lowest BCUT2D eigenvalue weighted by Crippen LogP contribution is -2.42. The average molecular weight is 106 g/mol. The fraction of sp³-hybridized carbons (Fsp3) is 1.00. The summed E-state index contributed by atoms with van der Waals surface area (Å²) in [4.78, 5) is 0. The van der Waals surface area contributed by atoms with E-state index in [0.717, 1.165) is 0 Å². The van der Waals surface area contributed by atoms with Gasteiger partial charge in [-0.3, -0.25) is 0 Å². The lowest BCUT2D eigenvalue weighted by atomic mass is 10.2. The largest absolute Gasteiger partial charge is 0.390 e. The molecule has 0 saturated carbocycles. The Morgan fingerprint density at radius 3 is 2.43 bits per heavy atom. The summed E-state index contributed by atoms with van der Waals surface area (Å²) in [7, 11) is 0. The van der Waals surface area contributed by atoms with Gasteiger partial charge in [-0.2, -0.15) is 0 Å². The highest BCUT2D eigenvalue weighted by molar-refractivity contribution is 4.73. The number of hydrogen-bond donors (Lipinski definition) is 1. The van der Waals surface area contributed by atoms with Crippen molar-refractivity contribution in [3.8, 4) is 0 Å². The molecular weight excluding hydrogens is 99.0 g/mol. The Kier molecular flexibility index (Phi) is 1.01. The molecule has 0 bridgehead atoms. The van der Waals surface area contributed by atoms with Crippen molar-refractivity contribution in [1.82, 2.24) is 0 Å². The van der Waals surface area contributed by atoms with Crippen molar-refractivity contribution in [2.75, 3.05) is 13.2 Å². The van der Waals surface area contributed by atoms with Crippen LogP contribution in [0.15, 0.2) is 0 Å². The second-order valence-electron chi connectivity index (χ2n) is 1.64. The van der Waals surface area contributed by atoms with Gasteiger partial charge in [0.05, 0.1) is 6.61 Å². The van der Waals surface area contributed by atoms with Crippen LogP contribution >= 0.6 is 0 Å². The maximum absolute atomic E-state index is 12.2. The fourth-order valence-electron chi connectivity index (χ4n) is 0.448. The normalized spacial score (nSPS) is 40.3. The molecular formula is C4H7FO2. The molecule has 0 amide bonds. The van der Waals surface area contributed by atoms with E-state index < -0.39 is 12.5 Å². The summed E-state index contributed by atoms with van der Waals surface area (Å²) >= 11 is 0. The number of alkyl halides is 1. The number of aliphatic hydroxyl groups is 1. The van der Waals surface area contributed by atoms with Crippen LogP contribution in [0, 0.1) is 0 Å². The maximum Gasteiger partial charge on any atom is 0.234 e. The van der Waals surface area contributed by atoms with Gasteiger partial charge in [0.25, 0.3) is 0 Å². The molecule has 3 heteroatoms. The number of halogens is 1. The van der Waals surface area contributed by atoms with Crippen LogP contribution in [0.2, 0.25) is 0 Å². The van der Waals surface area contributed by atoms with Crippen LogP contribution in [0.3, 0.4) is 0 Å². The van der Waals surface area contributed by atoms with Gasteiger partial charge in [-0.25, -0.2) is 4.39 Å². The number of rotatable bonds is 1. The van der Waals surface area contributed by atoms with Crippen molar-refractivity contribution in [1.29, 1.82) is 0 Å². The Morgan fingerprint density at radius 1 is 1.86 bits per heavy atom. The summed E-state index contributed by atoms with van der Waals surface area (Å²) in [5.74, 6) is -1.68. The molecule has 0 aliphatic carbocycles. The second-order valence-corrected chi connectivity index (χ2v) is 1.64. The van der Waals surface area contributed by atoms with Gasteiger partial charge < -0.3 is 9.84 Å². The van der Waals surface area contributed by atoms with Crippen LogP contribution < -0.4 is 0 Å². The van der Waals surface area contributed by atoms with Crippen molar-refractivity contribution in [2.24, 2.45) is 0 Å². The maximum atomic E-state index is 12.2. The predicted octanol–water partition coefficient (Wildman–Crippen LogP) is 0.0648. The van der Waals surface area contributed by atoms with E-state index in [4.69, 9.17) is 5.11 Å². The van der Waals surface area contributed by atoms with Crippen molar-refractivity contribution < 1.29 is 14.2 Å². The molecule has 42 valence electrons. The van der Waals surface area contributed by atoms with Gasteiger partial charge in [0, 0.05) is 6.42 Å². The van der Waals surface area contributed by atoms with E-state index in [0.29, 0.717) is 13.0 Å². The molecule has 0 aromatic carbocycles. The molecule has 1 unspecified atom stereocenters. The van der Waals surface area contributed by atoms with Crippen LogP contribution in [0.4, 0.5) is 4.39 Å². The molecule has 0 aromatic rings. The van der Waals surface area contributed by atoms with Crippen molar-refractivity contribution in [3.05, 3.63) is 0 Å². The first-order chi connectivity index (χ1) is 3.27. The van der Waals surface area contributed by atoms with Crippen LogP contribution in [0.5, 0.6) is 0 Å². The van der Waals surface area contributed by atoms with Gasteiger partial charge >= 0.3 is 0 Å². The number of ether oxygens (including phenoxy) is 1. The minimum Gasteiger partial charge on any atom is -0.390 e. The molecule has 2 nitrogen and oxygen atoms in total. The van der Waals surface area contributed by atoms with Crippen LogP contribution in [-0.2, 0) is 4.74 Å². The summed E-state index contributed by atoms with van der Waals surface area (Å²) < 4.78 is 16.5. The van der Waals surface area contributed by atoms with E-state index in [9.17, 15) is 4.39 Å². The molecule has 1 rings (SSSR count). The Balaban J connectivity index is 2.29. The molecule has 7 heavy (non-hydrogen) atoms. The highest BCUT2D eigenvalue weighted by Gasteiger charge is 2.37. The average Bonchev–Trinajstić information content (AvgIpc) is 1.61. The van der Waals surface area contributed by atoms with E-state index in [-0.39, 0.29) is 0 Å². The molecule has 1 atom stereocenters. The first kappa shape index (κ1) is 5.00. The summed E-state index contributed by atoms with van der Waals surface area (Å²) in [5.41, 5.74) is 0. The van der Waals surface area contributed by atoms with Gasteiger partial charge in [0.15, 0.2) is 0 Å². The Morgan fingerprint density at radius 2 is 2.43 bits per heavy atom. The lowest BCUT2D eigenvalue weighted by molar-refractivity contribution is -0.250. The quantitative estimate of drug-likeness (QED) is 0.512. The first-order valence-electron chi connectivity index (χ1n) is 2.21. The third kappa shape index (κ3) is 0.737. The third-order valence-electron chi connectivity index (χ3n) is 1.07. The summed E-state index contributed by atoms with van der Waals surface area (Å²) in [5, 5.41) is 8.15. The standard InChI is InChI=1S/C4H7FO2/c5-4(3-6)1-2-7-4/h6H,1-3H2. The molecule has 1 saturated heterocycles. The van der Waals surface area contributed by atoms with E-state index in [1.165, 1.54) is 0 Å². The highest BCUT2D eigenvalue weighted by Crippen LogP contribution is 2.26. The fourth-order valence-corrected chi connectivity index (χ4v) is 0.448. The SMILES string of the molecule is OCC1(F)CCO1. The Hall–Kier alpha value is -0.150. The summed E-state index contributed by atoms with van der Waals surface area (Å²) in [6.07, 6.45) is 0.337. The summed E-state index contributed by atoms with van der Waals surface area (Å²) in [6.45, 7) is -0.0654. The smallest absolute Gasteiger partial charge is 0.234 e. The highest BCUT2D eigenvalue weighted by atomic mass is 19.2. The minimum atomic E-state index is -1.68. The molecule has 0 radical (unpaired) electrons.